The van der Waals surface area contributed by atoms with Crippen molar-refractivity contribution in [2.45, 2.75) is 45.6 Å². The molecular weight excluding hydrogens is 314 g/mol. The maximum absolute atomic E-state index is 11.7. The van der Waals surface area contributed by atoms with Crippen LogP contribution in [0.4, 0.5) is 0 Å². The van der Waals surface area contributed by atoms with E-state index in [-0.39, 0.29) is 36.5 Å². The zero-order valence-electron chi connectivity index (χ0n) is 12.8. The number of nitrogens with one attached hydrogen (secondary N) is 2. The van der Waals surface area contributed by atoms with Gasteiger partial charge in [-0.15, -0.1) is 12.4 Å². The van der Waals surface area contributed by atoms with Crippen LogP contribution in [-0.4, -0.2) is 39.2 Å². The van der Waals surface area contributed by atoms with Gasteiger partial charge >= 0.3 is 0 Å². The second-order valence-corrected chi connectivity index (χ2v) is 7.59. The van der Waals surface area contributed by atoms with E-state index in [0.717, 1.165) is 19.3 Å². The minimum absolute atomic E-state index is 0. The zero-order valence-corrected chi connectivity index (χ0v) is 14.4. The van der Waals surface area contributed by atoms with Crippen molar-refractivity contribution in [3.05, 3.63) is 0 Å². The largest absolute Gasteiger partial charge is 0.354 e. The first-order valence-electron chi connectivity index (χ1n) is 7.36. The van der Waals surface area contributed by atoms with Crippen molar-refractivity contribution < 1.29 is 13.2 Å². The van der Waals surface area contributed by atoms with Gasteiger partial charge in [0.2, 0.25) is 15.9 Å². The summed E-state index contributed by atoms with van der Waals surface area (Å²) in [6, 6.07) is -0.578. The Morgan fingerprint density at radius 3 is 2.48 bits per heavy atom. The number of carbonyl (C=O) groups excluding carboxylic acids is 1. The minimum Gasteiger partial charge on any atom is -0.354 e. The van der Waals surface area contributed by atoms with Gasteiger partial charge in [-0.2, -0.15) is 0 Å². The molecule has 126 valence electrons. The normalized spacial score (nSPS) is 18.2. The van der Waals surface area contributed by atoms with Gasteiger partial charge in [0.15, 0.2) is 0 Å². The molecule has 0 saturated heterocycles. The van der Waals surface area contributed by atoms with Crippen molar-refractivity contribution in [1.29, 1.82) is 0 Å². The van der Waals surface area contributed by atoms with Crippen LogP contribution in [0, 0.1) is 11.8 Å². The highest BCUT2D eigenvalue weighted by molar-refractivity contribution is 7.89. The average Bonchev–Trinajstić information content (AvgIpc) is 2.34. The Kier molecular flexibility index (Phi) is 9.44. The van der Waals surface area contributed by atoms with Crippen LogP contribution in [0.5, 0.6) is 0 Å². The summed E-state index contributed by atoms with van der Waals surface area (Å²) in [5, 5.41) is 2.59. The molecule has 0 aromatic carbocycles. The van der Waals surface area contributed by atoms with Gasteiger partial charge in [-0.25, -0.2) is 13.1 Å². The smallest absolute Gasteiger partial charge is 0.237 e. The molecule has 1 saturated carbocycles. The molecule has 0 aromatic heterocycles. The van der Waals surface area contributed by atoms with Crippen LogP contribution in [0.1, 0.15) is 39.5 Å². The van der Waals surface area contributed by atoms with Crippen LogP contribution in [0.2, 0.25) is 0 Å². The Morgan fingerprint density at radius 2 is 2.00 bits per heavy atom. The molecule has 1 aliphatic carbocycles. The highest BCUT2D eigenvalue weighted by Gasteiger charge is 2.21. The molecule has 1 rings (SSSR count). The summed E-state index contributed by atoms with van der Waals surface area (Å²) in [7, 11) is -3.31. The number of amides is 1. The maximum Gasteiger partial charge on any atom is 0.237 e. The van der Waals surface area contributed by atoms with Crippen molar-refractivity contribution in [2.75, 3.05) is 18.8 Å². The Hall–Kier alpha value is -0.370. The highest BCUT2D eigenvalue weighted by atomic mass is 35.5. The van der Waals surface area contributed by atoms with Crippen LogP contribution >= 0.6 is 12.4 Å². The van der Waals surface area contributed by atoms with Crippen molar-refractivity contribution in [3.8, 4) is 0 Å². The monoisotopic (exact) mass is 341 g/mol. The fraction of sp³-hybridized carbons (Fsp3) is 0.923. The molecule has 0 spiro atoms. The Balaban J connectivity index is 0.00000400. The lowest BCUT2D eigenvalue weighted by Crippen LogP contribution is -2.46. The van der Waals surface area contributed by atoms with E-state index in [2.05, 4.69) is 10.0 Å². The lowest BCUT2D eigenvalue weighted by Gasteiger charge is -2.25. The Bertz CT molecular complexity index is 413. The summed E-state index contributed by atoms with van der Waals surface area (Å²) in [6.45, 7) is 4.49. The number of rotatable bonds is 9. The Labute approximate surface area is 134 Å². The first kappa shape index (κ1) is 20.6. The summed E-state index contributed by atoms with van der Waals surface area (Å²) in [5.41, 5.74) is 5.77. The molecule has 0 heterocycles. The molecule has 0 bridgehead atoms. The summed E-state index contributed by atoms with van der Waals surface area (Å²) in [6.07, 6.45) is 4.21. The van der Waals surface area contributed by atoms with Gasteiger partial charge in [0, 0.05) is 13.1 Å². The average molecular weight is 342 g/mol. The third-order valence-electron chi connectivity index (χ3n) is 4.05. The summed E-state index contributed by atoms with van der Waals surface area (Å²) in [5.74, 6) is 0.189. The van der Waals surface area contributed by atoms with E-state index in [1.54, 1.807) is 0 Å². The van der Waals surface area contributed by atoms with Crippen molar-refractivity contribution in [2.24, 2.45) is 17.6 Å². The van der Waals surface area contributed by atoms with E-state index in [9.17, 15) is 13.2 Å². The first-order valence-corrected chi connectivity index (χ1v) is 9.01. The molecule has 6 nitrogen and oxygen atoms in total. The summed E-state index contributed by atoms with van der Waals surface area (Å²) < 4.78 is 26.0. The van der Waals surface area contributed by atoms with E-state index >= 15 is 0 Å². The molecule has 0 aliphatic heterocycles. The van der Waals surface area contributed by atoms with Gasteiger partial charge in [0.25, 0.3) is 0 Å². The fourth-order valence-corrected chi connectivity index (χ4v) is 2.96. The van der Waals surface area contributed by atoms with E-state index < -0.39 is 16.1 Å². The predicted molar refractivity (Wildman–Crippen MR) is 86.8 cm³/mol. The molecule has 1 amide bonds. The van der Waals surface area contributed by atoms with E-state index in [1.807, 2.05) is 13.8 Å². The van der Waals surface area contributed by atoms with Crippen LogP contribution in [0.15, 0.2) is 0 Å². The number of halogens is 1. The number of carbonyl (C=O) groups is 1. The number of sulfonamides is 1. The second-order valence-electron chi connectivity index (χ2n) is 5.67. The Morgan fingerprint density at radius 1 is 1.38 bits per heavy atom. The van der Waals surface area contributed by atoms with Crippen molar-refractivity contribution >= 4 is 28.3 Å². The number of hydrogen-bond donors (Lipinski definition) is 3. The van der Waals surface area contributed by atoms with Gasteiger partial charge < -0.3 is 11.1 Å². The molecule has 21 heavy (non-hydrogen) atoms. The van der Waals surface area contributed by atoms with Gasteiger partial charge in [0.05, 0.1) is 11.8 Å². The van der Waals surface area contributed by atoms with Gasteiger partial charge in [0.1, 0.15) is 0 Å². The predicted octanol–water partition coefficient (Wildman–Crippen LogP) is 0.617. The number of hydrogen-bond acceptors (Lipinski definition) is 4. The SMILES string of the molecule is CCC(C)C(N)C(=O)NCCS(=O)(=O)NCC1CCC1.Cl. The van der Waals surface area contributed by atoms with Crippen LogP contribution in [0.3, 0.4) is 0 Å². The maximum atomic E-state index is 11.7. The molecule has 0 aromatic rings. The van der Waals surface area contributed by atoms with Crippen LogP contribution in [-0.2, 0) is 14.8 Å². The standard InChI is InChI=1S/C13H27N3O3S.ClH/c1-3-10(2)12(14)13(17)15-7-8-20(18,19)16-9-11-5-4-6-11;/h10-12,16H,3-9,14H2,1-2H3,(H,15,17);1H. The first-order chi connectivity index (χ1) is 9.35. The third-order valence-corrected chi connectivity index (χ3v) is 5.39. The zero-order chi connectivity index (χ0) is 15.2. The molecule has 1 aliphatic rings. The minimum atomic E-state index is -3.31. The lowest BCUT2D eigenvalue weighted by atomic mass is 9.86. The van der Waals surface area contributed by atoms with Crippen LogP contribution < -0.4 is 15.8 Å². The third kappa shape index (κ3) is 7.44. The van der Waals surface area contributed by atoms with Crippen LogP contribution in [0.25, 0.3) is 0 Å². The summed E-state index contributed by atoms with van der Waals surface area (Å²) in [4.78, 5) is 11.7. The molecule has 0 radical (unpaired) electrons. The highest BCUT2D eigenvalue weighted by Crippen LogP contribution is 2.25. The van der Waals surface area contributed by atoms with E-state index in [4.69, 9.17) is 5.73 Å². The molecule has 1 fully saturated rings. The van der Waals surface area contributed by atoms with Gasteiger partial charge in [-0.1, -0.05) is 26.7 Å². The van der Waals surface area contributed by atoms with Gasteiger partial charge in [-0.05, 0) is 24.7 Å². The molecule has 2 unspecified atom stereocenters. The second kappa shape index (κ2) is 9.61. The molecule has 4 N–H and O–H groups in total. The molecule has 2 atom stereocenters. The van der Waals surface area contributed by atoms with Crippen molar-refractivity contribution in [1.82, 2.24) is 10.0 Å². The molecule has 8 heteroatoms. The van der Waals surface area contributed by atoms with E-state index in [1.165, 1.54) is 6.42 Å². The van der Waals surface area contributed by atoms with E-state index in [0.29, 0.717) is 12.5 Å². The lowest BCUT2D eigenvalue weighted by molar-refractivity contribution is -0.123. The van der Waals surface area contributed by atoms with Gasteiger partial charge in [-0.3, -0.25) is 4.79 Å². The topological polar surface area (TPSA) is 101 Å². The van der Waals surface area contributed by atoms with Crippen molar-refractivity contribution in [3.63, 3.8) is 0 Å². The summed E-state index contributed by atoms with van der Waals surface area (Å²) >= 11 is 0. The fourth-order valence-electron chi connectivity index (χ4n) is 1.95. The quantitative estimate of drug-likeness (QED) is 0.572. The number of nitrogens with two attached hydrogens (primary N) is 1. The molecular formula is C13H28ClN3O3S.